The van der Waals surface area contributed by atoms with Crippen molar-refractivity contribution in [2.75, 3.05) is 5.32 Å². The number of nitrogens with zero attached hydrogens (tertiary/aromatic N) is 2. The van der Waals surface area contributed by atoms with Crippen molar-refractivity contribution in [3.8, 4) is 11.3 Å². The molecule has 2 heterocycles. The lowest BCUT2D eigenvalue weighted by Gasteiger charge is -1.94. The molecule has 0 fully saturated rings. The monoisotopic (exact) mass is 381 g/mol. The molecule has 0 saturated carbocycles. The molecule has 0 atom stereocenters. The van der Waals surface area contributed by atoms with Crippen LogP contribution in [0.1, 0.15) is 0 Å². The summed E-state index contributed by atoms with van der Waals surface area (Å²) in [4.78, 5) is 14.5. The number of anilines is 1. The highest BCUT2D eigenvalue weighted by Gasteiger charge is 2.13. The molecule has 0 aliphatic rings. The maximum atomic E-state index is 10.3. The van der Waals surface area contributed by atoms with Gasteiger partial charge in [0.25, 0.3) is 0 Å². The molecule has 0 radical (unpaired) electrons. The van der Waals surface area contributed by atoms with Gasteiger partial charge < -0.3 is 29.3 Å². The Morgan fingerprint density at radius 1 is 1.59 bits per heavy atom. The third kappa shape index (κ3) is 3.36. The van der Waals surface area contributed by atoms with Crippen LogP contribution in [0.4, 0.5) is 5.13 Å². The van der Waals surface area contributed by atoms with Crippen LogP contribution in [-0.4, -0.2) is 11.4 Å². The standard InChI is InChI=1S/C10H8ClN3OS.HI/c1-14-4-2-3-7(5-14)8-9(11)16-10(13-8)12-6-15;/h2-6H,1H3;1H. The first kappa shape index (κ1) is 14.3. The van der Waals surface area contributed by atoms with Crippen molar-refractivity contribution in [2.24, 2.45) is 7.05 Å². The van der Waals surface area contributed by atoms with E-state index in [1.165, 1.54) is 11.3 Å². The minimum atomic E-state index is 0. The molecule has 4 nitrogen and oxygen atoms in total. The summed E-state index contributed by atoms with van der Waals surface area (Å²) in [7, 11) is 1.92. The van der Waals surface area contributed by atoms with E-state index in [9.17, 15) is 4.79 Å². The average Bonchev–Trinajstić information content (AvgIpc) is 2.60. The topological polar surface area (TPSA) is 45.9 Å². The summed E-state index contributed by atoms with van der Waals surface area (Å²) < 4.78 is 2.48. The van der Waals surface area contributed by atoms with E-state index >= 15 is 0 Å². The van der Waals surface area contributed by atoms with E-state index in [2.05, 4.69) is 10.3 Å². The van der Waals surface area contributed by atoms with Crippen LogP contribution in [0.2, 0.25) is 4.34 Å². The minimum Gasteiger partial charge on any atom is -1.00 e. The SMILES string of the molecule is C[n+]1cccc(-c2nc(NC=O)sc2Cl)c1.[I-]. The largest absolute Gasteiger partial charge is 1.00 e. The lowest BCUT2D eigenvalue weighted by Crippen LogP contribution is -3.00. The lowest BCUT2D eigenvalue weighted by atomic mass is 10.2. The van der Waals surface area contributed by atoms with Gasteiger partial charge in [0.2, 0.25) is 6.41 Å². The highest BCUT2D eigenvalue weighted by atomic mass is 127. The van der Waals surface area contributed by atoms with Crippen LogP contribution in [0, 0.1) is 0 Å². The molecule has 2 aromatic heterocycles. The van der Waals surface area contributed by atoms with Crippen molar-refractivity contribution < 1.29 is 33.3 Å². The molecule has 0 aliphatic carbocycles. The Morgan fingerprint density at radius 3 is 3.00 bits per heavy atom. The number of halogens is 2. The Balaban J connectivity index is 0.00000144. The average molecular weight is 382 g/mol. The molecular formula is C10H9ClIN3OS. The molecule has 0 bridgehead atoms. The van der Waals surface area contributed by atoms with Crippen LogP contribution >= 0.6 is 22.9 Å². The second-order valence-corrected chi connectivity index (χ2v) is 4.76. The quantitative estimate of drug-likeness (QED) is 0.415. The molecule has 17 heavy (non-hydrogen) atoms. The number of carbonyl (C=O) groups is 1. The summed E-state index contributed by atoms with van der Waals surface area (Å²) in [6, 6.07) is 3.84. The number of aromatic nitrogens is 2. The first-order valence-corrected chi connectivity index (χ1v) is 5.72. The van der Waals surface area contributed by atoms with E-state index in [0.717, 1.165) is 5.56 Å². The van der Waals surface area contributed by atoms with E-state index in [1.807, 2.05) is 36.1 Å². The van der Waals surface area contributed by atoms with Crippen molar-refractivity contribution in [3.05, 3.63) is 28.9 Å². The molecule has 90 valence electrons. The molecule has 0 saturated heterocycles. The van der Waals surface area contributed by atoms with Crippen LogP contribution in [0.25, 0.3) is 11.3 Å². The van der Waals surface area contributed by atoms with Gasteiger partial charge in [0.05, 0.1) is 5.56 Å². The molecule has 0 unspecified atom stereocenters. The van der Waals surface area contributed by atoms with E-state index in [-0.39, 0.29) is 24.0 Å². The number of thiazole rings is 1. The van der Waals surface area contributed by atoms with Crippen molar-refractivity contribution in [3.63, 3.8) is 0 Å². The van der Waals surface area contributed by atoms with Crippen molar-refractivity contribution in [1.29, 1.82) is 0 Å². The normalized spacial score (nSPS) is 9.53. The first-order valence-electron chi connectivity index (χ1n) is 4.53. The van der Waals surface area contributed by atoms with Gasteiger partial charge in [-0.1, -0.05) is 22.9 Å². The minimum absolute atomic E-state index is 0. The van der Waals surface area contributed by atoms with Gasteiger partial charge in [0.1, 0.15) is 17.1 Å². The van der Waals surface area contributed by atoms with Crippen LogP contribution in [0.3, 0.4) is 0 Å². The zero-order valence-corrected chi connectivity index (χ0v) is 12.6. The van der Waals surface area contributed by atoms with Crippen LogP contribution < -0.4 is 33.9 Å². The Bertz CT molecular complexity index is 532. The van der Waals surface area contributed by atoms with Gasteiger partial charge in [-0.05, 0) is 6.07 Å². The van der Waals surface area contributed by atoms with Gasteiger partial charge in [-0.25, -0.2) is 9.55 Å². The molecule has 2 rings (SSSR count). The van der Waals surface area contributed by atoms with E-state index in [1.54, 1.807) is 0 Å². The maximum absolute atomic E-state index is 10.3. The zero-order valence-electron chi connectivity index (χ0n) is 8.85. The first-order chi connectivity index (χ1) is 7.70. The Labute approximate surface area is 125 Å². The molecule has 1 amide bonds. The van der Waals surface area contributed by atoms with Crippen molar-refractivity contribution in [1.82, 2.24) is 4.98 Å². The molecule has 0 aromatic carbocycles. The summed E-state index contributed by atoms with van der Waals surface area (Å²) in [5, 5.41) is 2.99. The number of hydrogen-bond acceptors (Lipinski definition) is 3. The maximum Gasteiger partial charge on any atom is 0.213 e. The fourth-order valence-corrected chi connectivity index (χ4v) is 2.36. The smallest absolute Gasteiger partial charge is 0.213 e. The molecule has 0 spiro atoms. The fourth-order valence-electron chi connectivity index (χ4n) is 1.32. The van der Waals surface area contributed by atoms with Gasteiger partial charge in [0.15, 0.2) is 17.5 Å². The molecule has 2 aromatic rings. The van der Waals surface area contributed by atoms with Crippen LogP contribution in [0.5, 0.6) is 0 Å². The molecule has 7 heteroatoms. The van der Waals surface area contributed by atoms with Crippen LogP contribution in [-0.2, 0) is 11.8 Å². The number of nitrogens with one attached hydrogen (secondary N) is 1. The number of pyridine rings is 1. The highest BCUT2D eigenvalue weighted by molar-refractivity contribution is 7.20. The number of carbonyl (C=O) groups excluding carboxylic acids is 1. The third-order valence-electron chi connectivity index (χ3n) is 1.98. The van der Waals surface area contributed by atoms with E-state index in [4.69, 9.17) is 11.6 Å². The lowest BCUT2D eigenvalue weighted by molar-refractivity contribution is -0.671. The summed E-state index contributed by atoms with van der Waals surface area (Å²) >= 11 is 7.30. The predicted octanol–water partition coefficient (Wildman–Crippen LogP) is -1.14. The zero-order chi connectivity index (χ0) is 11.5. The number of amides is 1. The predicted molar refractivity (Wildman–Crippen MR) is 63.4 cm³/mol. The summed E-state index contributed by atoms with van der Waals surface area (Å²) in [6.45, 7) is 0. The Hall–Kier alpha value is -0.730. The van der Waals surface area contributed by atoms with Crippen LogP contribution in [0.15, 0.2) is 24.5 Å². The second kappa shape index (κ2) is 6.27. The molecular weight excluding hydrogens is 373 g/mol. The molecule has 1 N–H and O–H groups in total. The highest BCUT2D eigenvalue weighted by Crippen LogP contribution is 2.34. The Morgan fingerprint density at radius 2 is 2.35 bits per heavy atom. The van der Waals surface area contributed by atoms with Gasteiger partial charge >= 0.3 is 0 Å². The summed E-state index contributed by atoms with van der Waals surface area (Å²) in [6.07, 6.45) is 4.43. The second-order valence-electron chi connectivity index (χ2n) is 3.16. The van der Waals surface area contributed by atoms with Crippen molar-refractivity contribution >= 4 is 34.5 Å². The molecule has 0 aliphatic heterocycles. The Kier molecular flexibility index (Phi) is 5.29. The third-order valence-corrected chi connectivity index (χ3v) is 3.17. The van der Waals surface area contributed by atoms with E-state index < -0.39 is 0 Å². The van der Waals surface area contributed by atoms with E-state index in [0.29, 0.717) is 21.6 Å². The van der Waals surface area contributed by atoms with Gasteiger partial charge in [-0.15, -0.1) is 0 Å². The van der Waals surface area contributed by atoms with Crippen molar-refractivity contribution in [2.45, 2.75) is 0 Å². The van der Waals surface area contributed by atoms with Gasteiger partial charge in [0, 0.05) is 6.07 Å². The van der Waals surface area contributed by atoms with Gasteiger partial charge in [-0.3, -0.25) is 4.79 Å². The summed E-state index contributed by atoms with van der Waals surface area (Å²) in [5.74, 6) is 0. The van der Waals surface area contributed by atoms with Gasteiger partial charge in [-0.2, -0.15) is 0 Å². The number of hydrogen-bond donors (Lipinski definition) is 1. The summed E-state index contributed by atoms with van der Waals surface area (Å²) in [5.41, 5.74) is 1.61. The number of aryl methyl sites for hydroxylation is 1. The fraction of sp³-hybridized carbons (Fsp3) is 0.100. The number of rotatable bonds is 3.